The molecule has 2 aromatic heterocycles. The average molecular weight is 463 g/mol. The van der Waals surface area contributed by atoms with Crippen molar-refractivity contribution in [2.24, 2.45) is 0 Å². The summed E-state index contributed by atoms with van der Waals surface area (Å²) in [7, 11) is 4.68. The lowest BCUT2D eigenvalue weighted by atomic mass is 10.2. The Morgan fingerprint density at radius 2 is 1.74 bits per heavy atom. The topological polar surface area (TPSA) is 114 Å². The van der Waals surface area contributed by atoms with Gasteiger partial charge in [0.1, 0.15) is 17.2 Å². The Labute approximate surface area is 196 Å². The maximum absolute atomic E-state index is 12.8. The molecule has 0 saturated carbocycles. The van der Waals surface area contributed by atoms with Gasteiger partial charge in [-0.3, -0.25) is 4.79 Å². The maximum atomic E-state index is 12.8. The number of hydrogen-bond donors (Lipinski definition) is 1. The van der Waals surface area contributed by atoms with E-state index in [2.05, 4.69) is 20.6 Å². The van der Waals surface area contributed by atoms with Crippen LogP contribution in [0.15, 0.2) is 46.9 Å². The Bertz CT molecular complexity index is 1330. The fourth-order valence-corrected chi connectivity index (χ4v) is 3.54. The van der Waals surface area contributed by atoms with E-state index in [1.807, 2.05) is 31.2 Å². The fraction of sp³-hybridized carbons (Fsp3) is 0.250. The van der Waals surface area contributed by atoms with E-state index in [1.165, 1.54) is 0 Å². The van der Waals surface area contributed by atoms with Crippen LogP contribution < -0.4 is 19.5 Å². The summed E-state index contributed by atoms with van der Waals surface area (Å²) in [5.74, 6) is 2.30. The lowest BCUT2D eigenvalue weighted by Crippen LogP contribution is -2.15. The molecule has 0 saturated heterocycles. The molecule has 0 unspecified atom stereocenters. The first-order chi connectivity index (χ1) is 16.5. The third-order valence-electron chi connectivity index (χ3n) is 5.38. The number of aryl methyl sites for hydroxylation is 1. The zero-order chi connectivity index (χ0) is 24.2. The van der Waals surface area contributed by atoms with Crippen LogP contribution in [0.2, 0.25) is 0 Å². The number of methoxy groups -OCH3 is 3. The Morgan fingerprint density at radius 3 is 2.47 bits per heavy atom. The summed E-state index contributed by atoms with van der Waals surface area (Å²) in [4.78, 5) is 17.5. The first-order valence-corrected chi connectivity index (χ1v) is 10.5. The molecule has 0 aliphatic rings. The second-order valence-electron chi connectivity index (χ2n) is 7.40. The molecular weight excluding hydrogens is 438 g/mol. The molecular formula is C24H25N5O5. The van der Waals surface area contributed by atoms with Crippen molar-refractivity contribution in [3.63, 3.8) is 0 Å². The minimum absolute atomic E-state index is 0.210. The summed E-state index contributed by atoms with van der Waals surface area (Å²) >= 11 is 0. The third-order valence-corrected chi connectivity index (χ3v) is 5.38. The molecule has 10 heteroatoms. The van der Waals surface area contributed by atoms with Crippen molar-refractivity contribution in [1.82, 2.24) is 20.0 Å². The highest BCUT2D eigenvalue weighted by Gasteiger charge is 2.22. The van der Waals surface area contributed by atoms with Crippen LogP contribution in [0.25, 0.3) is 11.5 Å². The van der Waals surface area contributed by atoms with Crippen LogP contribution in [0, 0.1) is 13.8 Å². The Morgan fingerprint density at radius 1 is 1.00 bits per heavy atom. The van der Waals surface area contributed by atoms with Crippen LogP contribution in [-0.4, -0.2) is 47.2 Å². The number of nitrogens with one attached hydrogen (secondary N) is 1. The van der Waals surface area contributed by atoms with Crippen LogP contribution in [0.5, 0.6) is 17.2 Å². The van der Waals surface area contributed by atoms with Crippen molar-refractivity contribution in [3.05, 3.63) is 65.3 Å². The fourth-order valence-electron chi connectivity index (χ4n) is 3.54. The zero-order valence-corrected chi connectivity index (χ0v) is 19.6. The molecule has 2 heterocycles. The molecule has 0 aliphatic carbocycles. The molecule has 0 bridgehead atoms. The van der Waals surface area contributed by atoms with Gasteiger partial charge in [-0.1, -0.05) is 23.4 Å². The molecule has 1 amide bonds. The van der Waals surface area contributed by atoms with E-state index < -0.39 is 0 Å². The number of nitrogens with zero attached hydrogens (tertiary/aromatic N) is 4. The molecule has 4 aromatic rings. The number of carbonyl (C=O) groups excluding carboxylic acids is 1. The zero-order valence-electron chi connectivity index (χ0n) is 19.6. The summed E-state index contributed by atoms with van der Waals surface area (Å²) in [5.41, 5.74) is 2.68. The highest BCUT2D eigenvalue weighted by Crippen LogP contribution is 2.38. The van der Waals surface area contributed by atoms with Gasteiger partial charge in [0.15, 0.2) is 17.2 Å². The van der Waals surface area contributed by atoms with E-state index in [0.717, 1.165) is 0 Å². The lowest BCUT2D eigenvalue weighted by Gasteiger charge is -2.10. The first-order valence-electron chi connectivity index (χ1n) is 10.5. The van der Waals surface area contributed by atoms with Gasteiger partial charge in [-0.15, -0.1) is 5.10 Å². The summed E-state index contributed by atoms with van der Waals surface area (Å²) in [6.07, 6.45) is 0. The molecule has 0 aliphatic heterocycles. The van der Waals surface area contributed by atoms with Gasteiger partial charge in [0.05, 0.1) is 44.8 Å². The number of rotatable bonds is 8. The van der Waals surface area contributed by atoms with Crippen molar-refractivity contribution in [3.8, 4) is 28.7 Å². The monoisotopic (exact) mass is 463 g/mol. The minimum atomic E-state index is -0.382. The van der Waals surface area contributed by atoms with Crippen molar-refractivity contribution >= 4 is 11.6 Å². The number of aromatic nitrogens is 4. The molecule has 4 rings (SSSR count). The van der Waals surface area contributed by atoms with Gasteiger partial charge in [-0.2, -0.15) is 0 Å². The number of anilines is 1. The first kappa shape index (κ1) is 22.8. The number of para-hydroxylation sites is 3. The quantitative estimate of drug-likeness (QED) is 0.419. The number of ether oxygens (including phenoxy) is 3. The van der Waals surface area contributed by atoms with E-state index in [9.17, 15) is 4.79 Å². The van der Waals surface area contributed by atoms with Gasteiger partial charge < -0.3 is 23.9 Å². The standard InChI is InChI=1S/C24H25N5O5/c1-14-21(23(30)25-17-10-6-7-11-19(17)31-3)27-28-29(14)13-18-15(2)34-24(26-18)16-9-8-12-20(32-4)22(16)33-5/h6-12H,13H2,1-5H3,(H,25,30). The molecule has 0 fully saturated rings. The molecule has 0 radical (unpaired) electrons. The van der Waals surface area contributed by atoms with Gasteiger partial charge >= 0.3 is 0 Å². The summed E-state index contributed by atoms with van der Waals surface area (Å²) in [6.45, 7) is 3.88. The predicted octanol–water partition coefficient (Wildman–Crippen LogP) is 3.88. The van der Waals surface area contributed by atoms with Crippen LogP contribution in [0.4, 0.5) is 5.69 Å². The maximum Gasteiger partial charge on any atom is 0.278 e. The second-order valence-corrected chi connectivity index (χ2v) is 7.40. The van der Waals surface area contributed by atoms with Crippen molar-refractivity contribution in [2.45, 2.75) is 20.4 Å². The number of amides is 1. The van der Waals surface area contributed by atoms with E-state index in [1.54, 1.807) is 51.1 Å². The SMILES string of the molecule is COc1ccccc1NC(=O)c1nnn(Cc2nc(-c3cccc(OC)c3OC)oc2C)c1C. The van der Waals surface area contributed by atoms with Crippen molar-refractivity contribution in [1.29, 1.82) is 0 Å². The summed E-state index contributed by atoms with van der Waals surface area (Å²) < 4.78 is 23.7. The summed E-state index contributed by atoms with van der Waals surface area (Å²) in [6, 6.07) is 12.6. The van der Waals surface area contributed by atoms with Crippen molar-refractivity contribution < 1.29 is 23.4 Å². The van der Waals surface area contributed by atoms with E-state index in [4.69, 9.17) is 18.6 Å². The van der Waals surface area contributed by atoms with Gasteiger partial charge in [-0.25, -0.2) is 9.67 Å². The van der Waals surface area contributed by atoms with E-state index in [-0.39, 0.29) is 18.1 Å². The van der Waals surface area contributed by atoms with Crippen LogP contribution in [0.1, 0.15) is 27.6 Å². The van der Waals surface area contributed by atoms with Gasteiger partial charge in [0.2, 0.25) is 5.89 Å². The van der Waals surface area contributed by atoms with Crippen LogP contribution in [-0.2, 0) is 6.54 Å². The highest BCUT2D eigenvalue weighted by molar-refractivity contribution is 6.04. The molecule has 1 N–H and O–H groups in total. The van der Waals surface area contributed by atoms with E-state index >= 15 is 0 Å². The predicted molar refractivity (Wildman–Crippen MR) is 125 cm³/mol. The smallest absolute Gasteiger partial charge is 0.278 e. The van der Waals surface area contributed by atoms with Crippen LogP contribution in [0.3, 0.4) is 0 Å². The number of carbonyl (C=O) groups is 1. The Balaban J connectivity index is 1.57. The number of benzene rings is 2. The lowest BCUT2D eigenvalue weighted by molar-refractivity contribution is 0.102. The molecule has 2 aromatic carbocycles. The van der Waals surface area contributed by atoms with E-state index in [0.29, 0.717) is 51.5 Å². The van der Waals surface area contributed by atoms with Crippen LogP contribution >= 0.6 is 0 Å². The molecule has 0 atom stereocenters. The highest BCUT2D eigenvalue weighted by atomic mass is 16.5. The largest absolute Gasteiger partial charge is 0.495 e. The molecule has 10 nitrogen and oxygen atoms in total. The average Bonchev–Trinajstić information content (AvgIpc) is 3.41. The third kappa shape index (κ3) is 4.29. The van der Waals surface area contributed by atoms with Gasteiger partial charge in [0.25, 0.3) is 5.91 Å². The minimum Gasteiger partial charge on any atom is -0.495 e. The Kier molecular flexibility index (Phi) is 6.48. The van der Waals surface area contributed by atoms with Gasteiger partial charge in [-0.05, 0) is 38.1 Å². The van der Waals surface area contributed by atoms with Gasteiger partial charge in [0, 0.05) is 0 Å². The van der Waals surface area contributed by atoms with Crippen molar-refractivity contribution in [2.75, 3.05) is 26.6 Å². The molecule has 34 heavy (non-hydrogen) atoms. The molecule has 176 valence electrons. The summed E-state index contributed by atoms with van der Waals surface area (Å²) in [5, 5.41) is 11.0. The molecule has 0 spiro atoms. The second kappa shape index (κ2) is 9.65. The number of hydrogen-bond acceptors (Lipinski definition) is 8. The normalized spacial score (nSPS) is 10.7. The Hall–Kier alpha value is -4.34. The number of oxazole rings is 1.